The Labute approximate surface area is 168 Å². The van der Waals surface area contributed by atoms with Gasteiger partial charge in [-0.05, 0) is 50.2 Å². The number of hydrogen-bond donors (Lipinski definition) is 0. The van der Waals surface area contributed by atoms with Gasteiger partial charge in [0.05, 0.1) is 19.3 Å². The van der Waals surface area contributed by atoms with Gasteiger partial charge in [-0.2, -0.15) is 0 Å². The monoisotopic (exact) mass is 384 g/mol. The average Bonchev–Trinajstić information content (AvgIpc) is 2.73. The van der Waals surface area contributed by atoms with E-state index in [-0.39, 0.29) is 18.7 Å². The van der Waals surface area contributed by atoms with E-state index in [9.17, 15) is 4.79 Å². The molecule has 0 radical (unpaired) electrons. The molecule has 2 aromatic rings. The van der Waals surface area contributed by atoms with Crippen LogP contribution in [0.25, 0.3) is 0 Å². The predicted octanol–water partition coefficient (Wildman–Crippen LogP) is 4.95. The van der Waals surface area contributed by atoms with Gasteiger partial charge in [-0.3, -0.25) is 0 Å². The second-order valence-electron chi connectivity index (χ2n) is 6.80. The maximum Gasteiger partial charge on any atom is 0.332 e. The number of benzene rings is 2. The third-order valence-corrected chi connectivity index (χ3v) is 4.52. The topological polar surface area (TPSA) is 44.8 Å². The van der Waals surface area contributed by atoms with Crippen LogP contribution in [0.2, 0.25) is 0 Å². The predicted molar refractivity (Wildman–Crippen MR) is 111 cm³/mol. The van der Waals surface area contributed by atoms with Gasteiger partial charge in [0.1, 0.15) is 6.61 Å². The summed E-state index contributed by atoms with van der Waals surface area (Å²) in [5, 5.41) is 0. The van der Waals surface area contributed by atoms with Gasteiger partial charge in [-0.1, -0.05) is 60.7 Å². The summed E-state index contributed by atoms with van der Waals surface area (Å²) in [6, 6.07) is 20.8. The Morgan fingerprint density at radius 3 is 2.25 bits per heavy atom. The fourth-order valence-electron chi connectivity index (χ4n) is 3.01. The van der Waals surface area contributed by atoms with Crippen LogP contribution in [0.5, 0.6) is 0 Å². The molecule has 1 unspecified atom stereocenters. The van der Waals surface area contributed by atoms with Crippen LogP contribution in [0, 0.1) is 0 Å². The van der Waals surface area contributed by atoms with Crippen molar-refractivity contribution in [2.45, 2.75) is 51.7 Å². The van der Waals surface area contributed by atoms with Gasteiger partial charge in [0.15, 0.2) is 0 Å². The van der Waals surface area contributed by atoms with Crippen molar-refractivity contribution in [2.75, 3.05) is 19.8 Å². The molecular weight excluding hydrogens is 352 g/mol. The number of hydrogen-bond acceptors (Lipinski definition) is 4. The number of carbonyl (C=O) groups is 1. The van der Waals surface area contributed by atoms with Crippen molar-refractivity contribution >= 4 is 5.97 Å². The summed E-state index contributed by atoms with van der Waals surface area (Å²) in [7, 11) is 0. The lowest BCUT2D eigenvalue weighted by Crippen LogP contribution is -2.15. The highest BCUT2D eigenvalue weighted by molar-refractivity contribution is 5.70. The Hall–Kier alpha value is -2.17. The lowest BCUT2D eigenvalue weighted by molar-refractivity contribution is -0.148. The van der Waals surface area contributed by atoms with Crippen molar-refractivity contribution in [3.05, 3.63) is 71.8 Å². The van der Waals surface area contributed by atoms with E-state index < -0.39 is 0 Å². The molecule has 28 heavy (non-hydrogen) atoms. The number of carbonyl (C=O) groups excluding carboxylic acids is 1. The van der Waals surface area contributed by atoms with Crippen molar-refractivity contribution in [1.82, 2.24) is 0 Å². The van der Waals surface area contributed by atoms with Crippen molar-refractivity contribution in [3.8, 4) is 0 Å². The quantitative estimate of drug-likeness (QED) is 0.341. The van der Waals surface area contributed by atoms with Crippen molar-refractivity contribution in [2.24, 2.45) is 0 Å². The zero-order valence-electron chi connectivity index (χ0n) is 16.8. The first-order chi connectivity index (χ1) is 13.8. The SMILES string of the molecule is CCOC(=O)COCCCCC(CCc1ccccc1)OCc1ccccc1. The van der Waals surface area contributed by atoms with Gasteiger partial charge in [-0.15, -0.1) is 0 Å². The maximum absolute atomic E-state index is 11.3. The first kappa shape index (κ1) is 22.1. The molecule has 0 amide bonds. The van der Waals surface area contributed by atoms with Gasteiger partial charge in [0, 0.05) is 6.61 Å². The van der Waals surface area contributed by atoms with Gasteiger partial charge in [-0.25, -0.2) is 4.79 Å². The van der Waals surface area contributed by atoms with E-state index in [2.05, 4.69) is 36.4 Å². The van der Waals surface area contributed by atoms with Crippen LogP contribution < -0.4 is 0 Å². The molecule has 0 aliphatic carbocycles. The number of aryl methyl sites for hydroxylation is 1. The van der Waals surface area contributed by atoms with Crippen LogP contribution in [-0.4, -0.2) is 31.9 Å². The molecular formula is C24H32O4. The molecule has 4 nitrogen and oxygen atoms in total. The third-order valence-electron chi connectivity index (χ3n) is 4.52. The van der Waals surface area contributed by atoms with E-state index in [1.54, 1.807) is 6.92 Å². The fraction of sp³-hybridized carbons (Fsp3) is 0.458. The summed E-state index contributed by atoms with van der Waals surface area (Å²) in [6.45, 7) is 3.44. The summed E-state index contributed by atoms with van der Waals surface area (Å²) in [5.41, 5.74) is 2.54. The smallest absolute Gasteiger partial charge is 0.332 e. The van der Waals surface area contributed by atoms with Crippen LogP contribution in [0.15, 0.2) is 60.7 Å². The summed E-state index contributed by atoms with van der Waals surface area (Å²) in [4.78, 5) is 11.3. The van der Waals surface area contributed by atoms with Crippen molar-refractivity contribution < 1.29 is 19.0 Å². The van der Waals surface area contributed by atoms with Gasteiger partial charge in [0.25, 0.3) is 0 Å². The molecule has 0 heterocycles. The zero-order chi connectivity index (χ0) is 19.9. The highest BCUT2D eigenvalue weighted by atomic mass is 16.6. The van der Waals surface area contributed by atoms with E-state index in [0.717, 1.165) is 32.1 Å². The van der Waals surface area contributed by atoms with Crippen LogP contribution in [0.1, 0.15) is 43.7 Å². The summed E-state index contributed by atoms with van der Waals surface area (Å²) < 4.78 is 16.4. The van der Waals surface area contributed by atoms with Crippen LogP contribution in [0.3, 0.4) is 0 Å². The summed E-state index contributed by atoms with van der Waals surface area (Å²) in [6.07, 6.45) is 5.14. The molecule has 0 fully saturated rings. The van der Waals surface area contributed by atoms with Crippen molar-refractivity contribution in [1.29, 1.82) is 0 Å². The maximum atomic E-state index is 11.3. The first-order valence-electron chi connectivity index (χ1n) is 10.2. The molecule has 0 N–H and O–H groups in total. The van der Waals surface area contributed by atoms with Crippen LogP contribution in [0.4, 0.5) is 0 Å². The first-order valence-corrected chi connectivity index (χ1v) is 10.2. The number of unbranched alkanes of at least 4 members (excludes halogenated alkanes) is 1. The number of ether oxygens (including phenoxy) is 3. The molecule has 2 rings (SSSR count). The van der Waals surface area contributed by atoms with E-state index in [1.165, 1.54) is 11.1 Å². The molecule has 0 spiro atoms. The lowest BCUT2D eigenvalue weighted by Gasteiger charge is -2.18. The highest BCUT2D eigenvalue weighted by Gasteiger charge is 2.10. The van der Waals surface area contributed by atoms with Gasteiger partial charge < -0.3 is 14.2 Å². The minimum absolute atomic E-state index is 0.0375. The minimum atomic E-state index is -0.297. The van der Waals surface area contributed by atoms with E-state index in [4.69, 9.17) is 14.2 Å². The molecule has 0 aliphatic rings. The molecule has 2 aromatic carbocycles. The average molecular weight is 385 g/mol. The second kappa shape index (κ2) is 13.9. The number of esters is 1. The number of rotatable bonds is 14. The normalized spacial score (nSPS) is 11.9. The Kier molecular flexibility index (Phi) is 11.0. The standard InChI is InChI=1S/C24H32O4/c1-2-27-24(25)20-26-18-10-9-15-23(17-16-21-11-5-3-6-12-21)28-19-22-13-7-4-8-14-22/h3-8,11-14,23H,2,9-10,15-20H2,1H3. The summed E-state index contributed by atoms with van der Waals surface area (Å²) >= 11 is 0. The molecule has 0 bridgehead atoms. The van der Waals surface area contributed by atoms with E-state index in [1.807, 2.05) is 24.3 Å². The van der Waals surface area contributed by atoms with Gasteiger partial charge >= 0.3 is 5.97 Å². The molecule has 0 aromatic heterocycles. The Morgan fingerprint density at radius 2 is 1.57 bits per heavy atom. The molecule has 0 saturated heterocycles. The van der Waals surface area contributed by atoms with Crippen LogP contribution in [-0.2, 0) is 32.0 Å². The second-order valence-corrected chi connectivity index (χ2v) is 6.80. The lowest BCUT2D eigenvalue weighted by atomic mass is 10.0. The largest absolute Gasteiger partial charge is 0.464 e. The Morgan fingerprint density at radius 1 is 0.893 bits per heavy atom. The Bertz CT molecular complexity index is 599. The minimum Gasteiger partial charge on any atom is -0.464 e. The van der Waals surface area contributed by atoms with E-state index in [0.29, 0.717) is 19.8 Å². The third kappa shape index (κ3) is 9.67. The molecule has 152 valence electrons. The van der Waals surface area contributed by atoms with Crippen molar-refractivity contribution in [3.63, 3.8) is 0 Å². The molecule has 4 heteroatoms. The Balaban J connectivity index is 1.71. The van der Waals surface area contributed by atoms with Crippen LogP contribution >= 0.6 is 0 Å². The summed E-state index contributed by atoms with van der Waals surface area (Å²) in [5.74, 6) is -0.297. The molecule has 0 saturated carbocycles. The highest BCUT2D eigenvalue weighted by Crippen LogP contribution is 2.15. The fourth-order valence-corrected chi connectivity index (χ4v) is 3.01. The molecule has 0 aliphatic heterocycles. The van der Waals surface area contributed by atoms with Gasteiger partial charge in [0.2, 0.25) is 0 Å². The van der Waals surface area contributed by atoms with E-state index >= 15 is 0 Å². The molecule has 1 atom stereocenters. The zero-order valence-corrected chi connectivity index (χ0v) is 16.8.